The van der Waals surface area contributed by atoms with Gasteiger partial charge in [0, 0.05) is 18.5 Å². The maximum absolute atomic E-state index is 4.77. The van der Waals surface area contributed by atoms with E-state index in [1.807, 2.05) is 0 Å². The molecule has 1 aromatic heterocycles. The maximum atomic E-state index is 4.77. The van der Waals surface area contributed by atoms with Crippen molar-refractivity contribution in [1.29, 1.82) is 0 Å². The zero-order valence-corrected chi connectivity index (χ0v) is 15.4. The van der Waals surface area contributed by atoms with Crippen molar-refractivity contribution in [3.8, 4) is 0 Å². The quantitative estimate of drug-likeness (QED) is 0.815. The first-order valence-corrected chi connectivity index (χ1v) is 9.44. The van der Waals surface area contributed by atoms with Crippen LogP contribution in [0.15, 0.2) is 4.47 Å². The average Bonchev–Trinajstić information content (AvgIpc) is 2.65. The normalized spacial score (nSPS) is 23.2. The van der Waals surface area contributed by atoms with Crippen molar-refractivity contribution in [3.05, 3.63) is 15.9 Å². The maximum Gasteiger partial charge on any atom is 0.0766 e. The number of nitrogens with one attached hydrogen (secondary N) is 1. The Hall–Kier alpha value is -0.350. The minimum atomic E-state index is 0.270. The molecule has 1 fully saturated rings. The number of rotatable bonds is 6. The molecule has 120 valence electrons. The van der Waals surface area contributed by atoms with Crippen molar-refractivity contribution in [2.24, 2.45) is 0 Å². The predicted molar refractivity (Wildman–Crippen MR) is 92.8 cm³/mol. The summed E-state index contributed by atoms with van der Waals surface area (Å²) < 4.78 is 3.45. The van der Waals surface area contributed by atoms with Gasteiger partial charge in [-0.25, -0.2) is 0 Å². The summed E-state index contributed by atoms with van der Waals surface area (Å²) in [5.41, 5.74) is 2.86. The van der Waals surface area contributed by atoms with Gasteiger partial charge >= 0.3 is 0 Å². The van der Waals surface area contributed by atoms with Crippen LogP contribution in [0.4, 0.5) is 0 Å². The number of hydrogen-bond acceptors (Lipinski definition) is 2. The van der Waals surface area contributed by atoms with Gasteiger partial charge in [-0.05, 0) is 55.1 Å². The van der Waals surface area contributed by atoms with E-state index < -0.39 is 0 Å². The molecule has 4 heteroatoms. The van der Waals surface area contributed by atoms with E-state index in [1.165, 1.54) is 60.9 Å². The first-order valence-electron chi connectivity index (χ1n) is 8.65. The second-order valence-corrected chi connectivity index (χ2v) is 7.11. The van der Waals surface area contributed by atoms with Crippen LogP contribution in [-0.4, -0.2) is 21.9 Å². The van der Waals surface area contributed by atoms with Gasteiger partial charge < -0.3 is 5.32 Å². The molecule has 3 nitrogen and oxygen atoms in total. The number of halogens is 1. The lowest BCUT2D eigenvalue weighted by Gasteiger charge is -2.34. The highest BCUT2D eigenvalue weighted by molar-refractivity contribution is 9.10. The van der Waals surface area contributed by atoms with Crippen LogP contribution in [0.2, 0.25) is 0 Å². The Kier molecular flexibility index (Phi) is 6.30. The smallest absolute Gasteiger partial charge is 0.0766 e. The molecule has 0 aromatic carbocycles. The molecule has 2 heterocycles. The second kappa shape index (κ2) is 7.77. The van der Waals surface area contributed by atoms with Gasteiger partial charge in [-0.2, -0.15) is 5.10 Å². The van der Waals surface area contributed by atoms with Crippen LogP contribution < -0.4 is 5.32 Å². The molecular weight excluding hydrogens is 326 g/mol. The lowest BCUT2D eigenvalue weighted by Crippen LogP contribution is -2.47. The fourth-order valence-electron chi connectivity index (χ4n) is 3.65. The molecule has 1 N–H and O–H groups in total. The van der Waals surface area contributed by atoms with Crippen LogP contribution in [0.5, 0.6) is 0 Å². The van der Waals surface area contributed by atoms with Gasteiger partial charge in [-0.15, -0.1) is 0 Å². The molecule has 2 rings (SSSR count). The molecule has 1 atom stereocenters. The van der Waals surface area contributed by atoms with E-state index in [2.05, 4.69) is 46.7 Å². The molecule has 1 saturated heterocycles. The van der Waals surface area contributed by atoms with Crippen LogP contribution in [0.3, 0.4) is 0 Å². The molecule has 0 amide bonds. The summed E-state index contributed by atoms with van der Waals surface area (Å²) in [6.07, 6.45) is 9.93. The Morgan fingerprint density at radius 3 is 2.71 bits per heavy atom. The Morgan fingerprint density at radius 2 is 2.05 bits per heavy atom. The van der Waals surface area contributed by atoms with Crippen LogP contribution in [0, 0.1) is 0 Å². The zero-order chi connectivity index (χ0) is 15.3. The molecule has 0 saturated carbocycles. The third-order valence-electron chi connectivity index (χ3n) is 4.76. The van der Waals surface area contributed by atoms with Crippen molar-refractivity contribution in [3.63, 3.8) is 0 Å². The van der Waals surface area contributed by atoms with Gasteiger partial charge in [-0.1, -0.05) is 33.1 Å². The highest BCUT2D eigenvalue weighted by atomic mass is 79.9. The summed E-state index contributed by atoms with van der Waals surface area (Å²) in [7, 11) is 0. The summed E-state index contributed by atoms with van der Waals surface area (Å²) in [5, 5.41) is 8.66. The van der Waals surface area contributed by atoms with Crippen molar-refractivity contribution >= 4 is 15.9 Å². The number of nitrogens with zero attached hydrogens (tertiary/aromatic N) is 2. The highest BCUT2D eigenvalue weighted by Crippen LogP contribution is 2.32. The van der Waals surface area contributed by atoms with Gasteiger partial charge in [0.2, 0.25) is 0 Å². The molecule has 21 heavy (non-hydrogen) atoms. The van der Waals surface area contributed by atoms with E-state index in [-0.39, 0.29) is 5.54 Å². The van der Waals surface area contributed by atoms with Gasteiger partial charge in [0.1, 0.15) is 0 Å². The summed E-state index contributed by atoms with van der Waals surface area (Å²) in [6, 6.07) is 0. The van der Waals surface area contributed by atoms with Gasteiger partial charge in [0.05, 0.1) is 15.9 Å². The van der Waals surface area contributed by atoms with Gasteiger partial charge in [0.25, 0.3) is 0 Å². The number of aromatic nitrogens is 2. The molecule has 0 radical (unpaired) electrons. The Labute approximate surface area is 138 Å². The third kappa shape index (κ3) is 3.89. The zero-order valence-electron chi connectivity index (χ0n) is 13.8. The Balaban J connectivity index is 2.29. The standard InChI is InChI=1S/C17H30BrN3/c1-4-10-17(11-8-7-9-12-19-17)13-15-16(18)14(5-2)20-21(15)6-3/h19H,4-13H2,1-3H3. The summed E-state index contributed by atoms with van der Waals surface area (Å²) in [6.45, 7) is 8.80. The van der Waals surface area contributed by atoms with E-state index in [0.717, 1.165) is 19.4 Å². The SMILES string of the molecule is CCCC1(Cc2c(Br)c(CC)nn2CC)CCCCCN1. The highest BCUT2D eigenvalue weighted by Gasteiger charge is 2.32. The Bertz CT molecular complexity index is 445. The van der Waals surface area contributed by atoms with Crippen molar-refractivity contribution in [2.75, 3.05) is 6.54 Å². The largest absolute Gasteiger partial charge is 0.311 e. The predicted octanol–water partition coefficient (Wildman–Crippen LogP) is 4.47. The van der Waals surface area contributed by atoms with Crippen molar-refractivity contribution < 1.29 is 0 Å². The summed E-state index contributed by atoms with van der Waals surface area (Å²) >= 11 is 3.81. The van der Waals surface area contributed by atoms with Crippen molar-refractivity contribution in [2.45, 2.75) is 84.2 Å². The molecule has 0 spiro atoms. The minimum Gasteiger partial charge on any atom is -0.311 e. The Morgan fingerprint density at radius 1 is 1.24 bits per heavy atom. The van der Waals surface area contributed by atoms with E-state index in [0.29, 0.717) is 0 Å². The molecule has 1 aliphatic heterocycles. The topological polar surface area (TPSA) is 29.9 Å². The van der Waals surface area contributed by atoms with Gasteiger partial charge in [-0.3, -0.25) is 4.68 Å². The number of aryl methyl sites for hydroxylation is 2. The second-order valence-electron chi connectivity index (χ2n) is 6.32. The van der Waals surface area contributed by atoms with Gasteiger partial charge in [0.15, 0.2) is 0 Å². The lowest BCUT2D eigenvalue weighted by molar-refractivity contribution is 0.281. The monoisotopic (exact) mass is 355 g/mol. The fourth-order valence-corrected chi connectivity index (χ4v) is 4.35. The summed E-state index contributed by atoms with van der Waals surface area (Å²) in [5.74, 6) is 0. The number of hydrogen-bond donors (Lipinski definition) is 1. The first kappa shape index (κ1) is 17.0. The molecule has 0 bridgehead atoms. The minimum absolute atomic E-state index is 0.270. The lowest BCUT2D eigenvalue weighted by atomic mass is 9.84. The molecule has 0 aliphatic carbocycles. The molecular formula is C17H30BrN3. The average molecular weight is 356 g/mol. The van der Waals surface area contributed by atoms with E-state index in [4.69, 9.17) is 5.10 Å². The fraction of sp³-hybridized carbons (Fsp3) is 0.824. The van der Waals surface area contributed by atoms with Crippen molar-refractivity contribution in [1.82, 2.24) is 15.1 Å². The van der Waals surface area contributed by atoms with E-state index >= 15 is 0 Å². The van der Waals surface area contributed by atoms with Crippen LogP contribution in [0.1, 0.15) is 70.7 Å². The van der Waals surface area contributed by atoms with Crippen LogP contribution in [0.25, 0.3) is 0 Å². The van der Waals surface area contributed by atoms with E-state index in [1.54, 1.807) is 0 Å². The van der Waals surface area contributed by atoms with Crippen LogP contribution >= 0.6 is 15.9 Å². The summed E-state index contributed by atoms with van der Waals surface area (Å²) in [4.78, 5) is 0. The molecule has 1 aromatic rings. The van der Waals surface area contributed by atoms with E-state index in [9.17, 15) is 0 Å². The first-order chi connectivity index (χ1) is 10.2. The van der Waals surface area contributed by atoms with Crippen LogP contribution in [-0.2, 0) is 19.4 Å². The molecule has 1 unspecified atom stereocenters. The third-order valence-corrected chi connectivity index (χ3v) is 5.68. The molecule has 1 aliphatic rings.